The third-order valence-corrected chi connectivity index (χ3v) is 5.60. The molecule has 0 bridgehead atoms. The number of anilines is 1. The molecule has 0 aliphatic heterocycles. The van der Waals surface area contributed by atoms with Gasteiger partial charge in [-0.2, -0.15) is 0 Å². The van der Waals surface area contributed by atoms with Gasteiger partial charge in [-0.15, -0.1) is 0 Å². The summed E-state index contributed by atoms with van der Waals surface area (Å²) in [6.07, 6.45) is 2.98. The molecule has 7 heteroatoms. The van der Waals surface area contributed by atoms with E-state index in [-0.39, 0.29) is 5.69 Å². The van der Waals surface area contributed by atoms with Crippen LogP contribution in [0.3, 0.4) is 0 Å². The summed E-state index contributed by atoms with van der Waals surface area (Å²) < 4.78 is 44.4. The van der Waals surface area contributed by atoms with Crippen LogP contribution in [0, 0.1) is 18.6 Å². The predicted octanol–water partition coefficient (Wildman–Crippen LogP) is 6.75. The number of halogens is 2. The van der Waals surface area contributed by atoms with E-state index in [1.807, 2.05) is 37.3 Å². The lowest BCUT2D eigenvalue weighted by Gasteiger charge is -2.14. The third kappa shape index (κ3) is 4.24. The van der Waals surface area contributed by atoms with Gasteiger partial charge in [0.25, 0.3) is 0 Å². The Balaban J connectivity index is 1.79. The van der Waals surface area contributed by atoms with Crippen molar-refractivity contribution >= 4 is 28.1 Å². The summed E-state index contributed by atoms with van der Waals surface area (Å²) in [5.41, 5.74) is 4.11. The molecule has 0 saturated heterocycles. The number of amides is 1. The lowest BCUT2D eigenvalue weighted by molar-refractivity contribution is -0.111. The summed E-state index contributed by atoms with van der Waals surface area (Å²) >= 11 is 0. The van der Waals surface area contributed by atoms with Gasteiger partial charge in [0.05, 0.1) is 26.2 Å². The fraction of sp³-hybridized carbons (Fsp3) is 0.148. The van der Waals surface area contributed by atoms with Gasteiger partial charge < -0.3 is 19.2 Å². The maximum Gasteiger partial charge on any atom is 0.248 e. The first-order valence-electron chi connectivity index (χ1n) is 10.5. The van der Waals surface area contributed by atoms with Crippen molar-refractivity contribution < 1.29 is 27.5 Å². The van der Waals surface area contributed by atoms with E-state index in [9.17, 15) is 13.6 Å². The predicted molar refractivity (Wildman–Crippen MR) is 128 cm³/mol. The first-order chi connectivity index (χ1) is 16.3. The van der Waals surface area contributed by atoms with E-state index in [1.54, 1.807) is 20.3 Å². The highest BCUT2D eigenvalue weighted by molar-refractivity contribution is 6.06. The number of allylic oxidation sites excluding steroid dienone is 1. The number of hydrogen-bond acceptors (Lipinski definition) is 4. The van der Waals surface area contributed by atoms with Crippen molar-refractivity contribution in [3.63, 3.8) is 0 Å². The number of benzene rings is 3. The second-order valence-electron chi connectivity index (χ2n) is 7.75. The Labute approximate surface area is 195 Å². The zero-order chi connectivity index (χ0) is 24.4. The molecule has 5 nitrogen and oxygen atoms in total. The Morgan fingerprint density at radius 3 is 2.53 bits per heavy atom. The van der Waals surface area contributed by atoms with Crippen LogP contribution in [0.5, 0.6) is 11.5 Å². The second-order valence-corrected chi connectivity index (χ2v) is 7.75. The summed E-state index contributed by atoms with van der Waals surface area (Å²) in [7, 11) is 3.14. The number of ether oxygens (including phenoxy) is 2. The van der Waals surface area contributed by atoms with E-state index in [0.717, 1.165) is 40.3 Å². The number of rotatable bonds is 6. The molecule has 1 N–H and O–H groups in total. The highest BCUT2D eigenvalue weighted by atomic mass is 19.1. The van der Waals surface area contributed by atoms with Gasteiger partial charge in [-0.1, -0.05) is 18.2 Å². The Bertz CT molecular complexity index is 1420. The number of furan rings is 1. The fourth-order valence-electron chi connectivity index (χ4n) is 3.98. The topological polar surface area (TPSA) is 60.7 Å². The molecular formula is C27H23F2NO4. The molecule has 1 heterocycles. The molecule has 4 rings (SSSR count). The monoisotopic (exact) mass is 463 g/mol. The van der Waals surface area contributed by atoms with Gasteiger partial charge in [-0.25, -0.2) is 8.78 Å². The summed E-state index contributed by atoms with van der Waals surface area (Å²) in [5, 5.41) is 3.20. The zero-order valence-electron chi connectivity index (χ0n) is 19.2. The molecule has 0 unspecified atom stereocenters. The molecule has 0 aliphatic carbocycles. The van der Waals surface area contributed by atoms with Gasteiger partial charge in [0.2, 0.25) is 5.91 Å². The minimum Gasteiger partial charge on any atom is -0.496 e. The molecule has 1 amide bonds. The maximum absolute atomic E-state index is 13.9. The average Bonchev–Trinajstić information content (AvgIpc) is 3.25. The lowest BCUT2D eigenvalue weighted by Crippen LogP contribution is -2.10. The van der Waals surface area contributed by atoms with E-state index in [4.69, 9.17) is 13.9 Å². The second kappa shape index (κ2) is 9.39. The van der Waals surface area contributed by atoms with Crippen LogP contribution in [0.15, 0.2) is 65.3 Å². The van der Waals surface area contributed by atoms with Crippen molar-refractivity contribution in [1.82, 2.24) is 0 Å². The average molecular weight is 463 g/mol. The van der Waals surface area contributed by atoms with E-state index in [2.05, 4.69) is 5.32 Å². The molecule has 0 atom stereocenters. The molecule has 0 spiro atoms. The van der Waals surface area contributed by atoms with Crippen molar-refractivity contribution in [1.29, 1.82) is 0 Å². The smallest absolute Gasteiger partial charge is 0.248 e. The molecule has 4 aromatic rings. The van der Waals surface area contributed by atoms with Crippen LogP contribution in [0.25, 0.3) is 27.7 Å². The summed E-state index contributed by atoms with van der Waals surface area (Å²) in [6.45, 7) is 3.61. The van der Waals surface area contributed by atoms with E-state index < -0.39 is 17.5 Å². The quantitative estimate of drug-likeness (QED) is 0.322. The number of carbonyl (C=O) groups excluding carboxylic acids is 1. The minimum atomic E-state index is -0.726. The van der Waals surface area contributed by atoms with E-state index in [0.29, 0.717) is 28.2 Å². The van der Waals surface area contributed by atoms with Crippen LogP contribution in [0.4, 0.5) is 14.5 Å². The fourth-order valence-corrected chi connectivity index (χ4v) is 3.98. The number of carbonyl (C=O) groups is 1. The van der Waals surface area contributed by atoms with E-state index >= 15 is 0 Å². The van der Waals surface area contributed by atoms with Gasteiger partial charge in [0.1, 0.15) is 28.7 Å². The van der Waals surface area contributed by atoms with Crippen molar-refractivity contribution in [2.24, 2.45) is 0 Å². The number of aryl methyl sites for hydroxylation is 1. The van der Waals surface area contributed by atoms with Gasteiger partial charge in [0, 0.05) is 39.8 Å². The normalized spacial score (nSPS) is 11.5. The van der Waals surface area contributed by atoms with Gasteiger partial charge in [-0.3, -0.25) is 4.79 Å². The number of hydrogen-bond donors (Lipinski definition) is 1. The van der Waals surface area contributed by atoms with Crippen molar-refractivity contribution in [2.45, 2.75) is 13.8 Å². The molecule has 1 aromatic heterocycles. The lowest BCUT2D eigenvalue weighted by atomic mass is 9.96. The zero-order valence-corrected chi connectivity index (χ0v) is 19.2. The van der Waals surface area contributed by atoms with Crippen LogP contribution in [-0.4, -0.2) is 20.1 Å². The van der Waals surface area contributed by atoms with Crippen LogP contribution >= 0.6 is 0 Å². The highest BCUT2D eigenvalue weighted by Crippen LogP contribution is 2.42. The minimum absolute atomic E-state index is 0.235. The largest absolute Gasteiger partial charge is 0.496 e. The molecule has 0 radical (unpaired) electrons. The van der Waals surface area contributed by atoms with Crippen LogP contribution in [0.1, 0.15) is 18.1 Å². The molecule has 34 heavy (non-hydrogen) atoms. The molecule has 0 aliphatic rings. The standard InChI is InChI=1S/C27H23F2NO4/c1-15(11-25(31)30-23-12-17(28)9-10-22(23)29)19-13-20-21(18-7-5-6-8-24(18)32-3)14-34-27(20)16(2)26(19)33-4/h5-14H,1-4H3,(H,30,31)/b15-11+. The Hall–Kier alpha value is -4.13. The molecule has 0 fully saturated rings. The van der Waals surface area contributed by atoms with Gasteiger partial charge >= 0.3 is 0 Å². The van der Waals surface area contributed by atoms with Gasteiger partial charge in [0.15, 0.2) is 0 Å². The summed E-state index contributed by atoms with van der Waals surface area (Å²) in [6, 6.07) is 12.4. The number of methoxy groups -OCH3 is 2. The van der Waals surface area contributed by atoms with Gasteiger partial charge in [-0.05, 0) is 43.7 Å². The van der Waals surface area contributed by atoms with Crippen molar-refractivity contribution in [3.05, 3.63) is 83.6 Å². The van der Waals surface area contributed by atoms with Crippen molar-refractivity contribution in [2.75, 3.05) is 19.5 Å². The van der Waals surface area contributed by atoms with E-state index in [1.165, 1.54) is 13.2 Å². The summed E-state index contributed by atoms with van der Waals surface area (Å²) in [4.78, 5) is 12.6. The SMILES string of the molecule is COc1ccccc1-c1coc2c(C)c(OC)c(/C(C)=C/C(=O)Nc3cc(F)ccc3F)cc12. The Kier molecular flexibility index (Phi) is 6.36. The highest BCUT2D eigenvalue weighted by Gasteiger charge is 2.20. The van der Waals surface area contributed by atoms with Crippen molar-refractivity contribution in [3.8, 4) is 22.6 Å². The Morgan fingerprint density at radius 1 is 1.03 bits per heavy atom. The Morgan fingerprint density at radius 2 is 1.79 bits per heavy atom. The third-order valence-electron chi connectivity index (χ3n) is 5.60. The van der Waals surface area contributed by atoms with Crippen LogP contribution < -0.4 is 14.8 Å². The molecule has 174 valence electrons. The van der Waals surface area contributed by atoms with Crippen LogP contribution in [0.2, 0.25) is 0 Å². The number of nitrogens with one attached hydrogen (secondary N) is 1. The molecule has 3 aromatic carbocycles. The first kappa shape index (κ1) is 23.0. The number of fused-ring (bicyclic) bond motifs is 1. The summed E-state index contributed by atoms with van der Waals surface area (Å²) in [5.74, 6) is -0.727. The first-order valence-corrected chi connectivity index (χ1v) is 10.5. The maximum atomic E-state index is 13.9. The molecule has 0 saturated carbocycles. The molecular weight excluding hydrogens is 440 g/mol. The van der Waals surface area contributed by atoms with Crippen LogP contribution in [-0.2, 0) is 4.79 Å². The number of para-hydroxylation sites is 1.